The van der Waals surface area contributed by atoms with E-state index in [0.29, 0.717) is 18.3 Å². The SMILES string of the molecule is CC(=O)N(Cc1noc(C)n1)[C@H]1CCN(Cc2ccon2)C1. The third-order valence-corrected chi connectivity index (χ3v) is 3.85. The molecule has 2 aromatic heterocycles. The second-order valence-electron chi connectivity index (χ2n) is 5.54. The van der Waals surface area contributed by atoms with Gasteiger partial charge in [-0.05, 0) is 6.42 Å². The van der Waals surface area contributed by atoms with Crippen LogP contribution in [0.2, 0.25) is 0 Å². The molecule has 0 spiro atoms. The van der Waals surface area contributed by atoms with E-state index in [1.165, 1.54) is 0 Å². The molecule has 3 heterocycles. The van der Waals surface area contributed by atoms with Gasteiger partial charge in [0.05, 0.1) is 12.2 Å². The molecular formula is C14H19N5O3. The zero-order valence-electron chi connectivity index (χ0n) is 12.7. The summed E-state index contributed by atoms with van der Waals surface area (Å²) in [5.41, 5.74) is 0.906. The predicted molar refractivity (Wildman–Crippen MR) is 75.4 cm³/mol. The summed E-state index contributed by atoms with van der Waals surface area (Å²) in [6.07, 6.45) is 2.50. The molecule has 1 saturated heterocycles. The van der Waals surface area contributed by atoms with Gasteiger partial charge in [-0.3, -0.25) is 9.69 Å². The highest BCUT2D eigenvalue weighted by Crippen LogP contribution is 2.19. The summed E-state index contributed by atoms with van der Waals surface area (Å²) in [6, 6.07) is 2.02. The van der Waals surface area contributed by atoms with Gasteiger partial charge in [0.1, 0.15) is 6.26 Å². The van der Waals surface area contributed by atoms with Crippen LogP contribution in [0.5, 0.6) is 0 Å². The summed E-state index contributed by atoms with van der Waals surface area (Å²) in [4.78, 5) is 20.2. The summed E-state index contributed by atoms with van der Waals surface area (Å²) >= 11 is 0. The fourth-order valence-corrected chi connectivity index (χ4v) is 2.81. The van der Waals surface area contributed by atoms with E-state index in [2.05, 4.69) is 20.2 Å². The largest absolute Gasteiger partial charge is 0.364 e. The second-order valence-corrected chi connectivity index (χ2v) is 5.54. The average molecular weight is 305 g/mol. The smallest absolute Gasteiger partial charge is 0.223 e. The maximum absolute atomic E-state index is 12.0. The lowest BCUT2D eigenvalue weighted by molar-refractivity contribution is -0.131. The molecule has 0 aromatic carbocycles. The van der Waals surface area contributed by atoms with Crippen LogP contribution in [0.15, 0.2) is 21.4 Å². The molecule has 118 valence electrons. The van der Waals surface area contributed by atoms with Gasteiger partial charge in [0, 0.05) is 45.6 Å². The van der Waals surface area contributed by atoms with Crippen molar-refractivity contribution in [2.45, 2.75) is 39.4 Å². The fourth-order valence-electron chi connectivity index (χ4n) is 2.81. The van der Waals surface area contributed by atoms with Crippen LogP contribution in [0, 0.1) is 6.92 Å². The highest BCUT2D eigenvalue weighted by Gasteiger charge is 2.30. The van der Waals surface area contributed by atoms with Crippen LogP contribution in [-0.2, 0) is 17.9 Å². The van der Waals surface area contributed by atoms with Gasteiger partial charge >= 0.3 is 0 Å². The van der Waals surface area contributed by atoms with Gasteiger partial charge in [0.25, 0.3) is 0 Å². The number of rotatable bonds is 5. The molecule has 8 heteroatoms. The molecule has 1 fully saturated rings. The fraction of sp³-hybridized carbons (Fsp3) is 0.571. The quantitative estimate of drug-likeness (QED) is 0.813. The van der Waals surface area contributed by atoms with Crippen molar-refractivity contribution in [3.63, 3.8) is 0 Å². The van der Waals surface area contributed by atoms with Gasteiger partial charge in [-0.15, -0.1) is 0 Å². The molecular weight excluding hydrogens is 286 g/mol. The topological polar surface area (TPSA) is 88.5 Å². The number of amides is 1. The standard InChI is InChI=1S/C14H19N5O3/c1-10-15-14(17-22-10)9-19(11(2)20)13-3-5-18(8-13)7-12-4-6-21-16-12/h4,6,13H,3,5,7-9H2,1-2H3/t13-/m0/s1. The minimum Gasteiger partial charge on any atom is -0.364 e. The lowest BCUT2D eigenvalue weighted by Gasteiger charge is -2.26. The summed E-state index contributed by atoms with van der Waals surface area (Å²) in [6.45, 7) is 6.17. The molecule has 0 bridgehead atoms. The van der Waals surface area contributed by atoms with Crippen LogP contribution in [0.1, 0.15) is 30.8 Å². The maximum atomic E-state index is 12.0. The zero-order chi connectivity index (χ0) is 15.5. The number of hydrogen-bond donors (Lipinski definition) is 0. The van der Waals surface area contributed by atoms with E-state index < -0.39 is 0 Å². The Balaban J connectivity index is 1.61. The summed E-state index contributed by atoms with van der Waals surface area (Å²) < 4.78 is 9.82. The van der Waals surface area contributed by atoms with Crippen LogP contribution in [-0.4, -0.2) is 50.1 Å². The molecule has 0 aliphatic carbocycles. The van der Waals surface area contributed by atoms with Crippen LogP contribution in [0.4, 0.5) is 0 Å². The number of hydrogen-bond acceptors (Lipinski definition) is 7. The van der Waals surface area contributed by atoms with E-state index in [9.17, 15) is 4.79 Å². The van der Waals surface area contributed by atoms with Crippen molar-refractivity contribution >= 4 is 5.91 Å². The Hall–Kier alpha value is -2.22. The Labute approximate surface area is 128 Å². The van der Waals surface area contributed by atoms with Crippen LogP contribution >= 0.6 is 0 Å². The van der Waals surface area contributed by atoms with Crippen molar-refractivity contribution in [2.24, 2.45) is 0 Å². The highest BCUT2D eigenvalue weighted by atomic mass is 16.5. The first-order valence-corrected chi connectivity index (χ1v) is 7.30. The molecule has 1 atom stereocenters. The van der Waals surface area contributed by atoms with Gasteiger partial charge < -0.3 is 13.9 Å². The lowest BCUT2D eigenvalue weighted by Crippen LogP contribution is -2.40. The van der Waals surface area contributed by atoms with E-state index in [-0.39, 0.29) is 11.9 Å². The normalized spacial score (nSPS) is 18.7. The molecule has 3 rings (SSSR count). The number of carbonyl (C=O) groups excluding carboxylic acids is 1. The number of aromatic nitrogens is 3. The third kappa shape index (κ3) is 3.33. The first-order chi connectivity index (χ1) is 10.6. The van der Waals surface area contributed by atoms with Crippen LogP contribution in [0.3, 0.4) is 0 Å². The third-order valence-electron chi connectivity index (χ3n) is 3.85. The summed E-state index contributed by atoms with van der Waals surface area (Å²) in [5, 5.41) is 7.80. The van der Waals surface area contributed by atoms with Crippen molar-refractivity contribution in [1.82, 2.24) is 25.1 Å². The molecule has 1 aliphatic rings. The van der Waals surface area contributed by atoms with Gasteiger partial charge in [0.15, 0.2) is 5.82 Å². The average Bonchev–Trinajstić information content (AvgIpc) is 3.19. The van der Waals surface area contributed by atoms with Crippen molar-refractivity contribution < 1.29 is 13.8 Å². The van der Waals surface area contributed by atoms with E-state index in [0.717, 1.165) is 31.7 Å². The molecule has 1 aliphatic heterocycles. The first kappa shape index (κ1) is 14.7. The van der Waals surface area contributed by atoms with Gasteiger partial charge in [0.2, 0.25) is 11.8 Å². The Morgan fingerprint density at radius 1 is 1.50 bits per heavy atom. The van der Waals surface area contributed by atoms with E-state index >= 15 is 0 Å². The van der Waals surface area contributed by atoms with Crippen LogP contribution in [0.25, 0.3) is 0 Å². The highest BCUT2D eigenvalue weighted by molar-refractivity contribution is 5.73. The van der Waals surface area contributed by atoms with E-state index in [1.54, 1.807) is 20.1 Å². The van der Waals surface area contributed by atoms with Crippen LogP contribution < -0.4 is 0 Å². The number of likely N-dealkylation sites (tertiary alicyclic amines) is 1. The maximum Gasteiger partial charge on any atom is 0.223 e. The summed E-state index contributed by atoms with van der Waals surface area (Å²) in [7, 11) is 0. The molecule has 2 aromatic rings. The molecule has 0 saturated carbocycles. The van der Waals surface area contributed by atoms with Crippen molar-refractivity contribution in [1.29, 1.82) is 0 Å². The van der Waals surface area contributed by atoms with E-state index in [1.807, 2.05) is 11.0 Å². The van der Waals surface area contributed by atoms with Crippen molar-refractivity contribution in [3.05, 3.63) is 29.7 Å². The Kier molecular flexibility index (Phi) is 4.19. The second kappa shape index (κ2) is 6.27. The minimum absolute atomic E-state index is 0.0238. The van der Waals surface area contributed by atoms with Gasteiger partial charge in [-0.2, -0.15) is 4.98 Å². The summed E-state index contributed by atoms with van der Waals surface area (Å²) in [5.74, 6) is 1.08. The van der Waals surface area contributed by atoms with Crippen molar-refractivity contribution in [2.75, 3.05) is 13.1 Å². The van der Waals surface area contributed by atoms with Crippen molar-refractivity contribution in [3.8, 4) is 0 Å². The number of nitrogens with zero attached hydrogens (tertiary/aromatic N) is 5. The molecule has 0 radical (unpaired) electrons. The first-order valence-electron chi connectivity index (χ1n) is 7.30. The monoisotopic (exact) mass is 305 g/mol. The molecule has 0 N–H and O–H groups in total. The lowest BCUT2D eigenvalue weighted by atomic mass is 10.2. The Bertz CT molecular complexity index is 624. The Morgan fingerprint density at radius 3 is 3.00 bits per heavy atom. The number of carbonyl (C=O) groups is 1. The Morgan fingerprint density at radius 2 is 2.36 bits per heavy atom. The molecule has 22 heavy (non-hydrogen) atoms. The molecule has 0 unspecified atom stereocenters. The zero-order valence-corrected chi connectivity index (χ0v) is 12.7. The van der Waals surface area contributed by atoms with Gasteiger partial charge in [-0.1, -0.05) is 10.3 Å². The molecule has 1 amide bonds. The van der Waals surface area contributed by atoms with Gasteiger partial charge in [-0.25, -0.2) is 0 Å². The number of aryl methyl sites for hydroxylation is 1. The molecule has 8 nitrogen and oxygen atoms in total. The predicted octanol–water partition coefficient (Wildman–Crippen LogP) is 0.989. The minimum atomic E-state index is 0.0238. The van der Waals surface area contributed by atoms with E-state index in [4.69, 9.17) is 9.05 Å².